The topological polar surface area (TPSA) is 80.0 Å². The molecule has 6 heteroatoms. The predicted molar refractivity (Wildman–Crippen MR) is 115 cm³/mol. The van der Waals surface area contributed by atoms with Crippen molar-refractivity contribution in [3.8, 4) is 5.75 Å². The van der Waals surface area contributed by atoms with Gasteiger partial charge in [-0.25, -0.2) is 0 Å². The Morgan fingerprint density at radius 1 is 1.06 bits per heavy atom. The molecule has 158 valence electrons. The molecule has 2 aromatic carbocycles. The standard InChI is InChI=1S/C25H23NO5/c1-2-30-19-12-10-18(11-13-19)22-21(23(27)20-9-6-16-31-20)24(28)25(29)26(22)15-14-17-7-4-3-5-8-17/h3-13,16,22,28H,2,14-15H2,1H3. The molecular formula is C25H23NO5. The summed E-state index contributed by atoms with van der Waals surface area (Å²) in [7, 11) is 0. The number of benzene rings is 2. The van der Waals surface area contributed by atoms with E-state index in [-0.39, 0.29) is 11.3 Å². The zero-order chi connectivity index (χ0) is 21.8. The molecule has 0 aliphatic carbocycles. The first kappa shape index (κ1) is 20.5. The van der Waals surface area contributed by atoms with Crippen molar-refractivity contribution in [3.05, 3.63) is 101 Å². The highest BCUT2D eigenvalue weighted by molar-refractivity contribution is 6.15. The van der Waals surface area contributed by atoms with Gasteiger partial charge in [-0.2, -0.15) is 0 Å². The molecular weight excluding hydrogens is 394 g/mol. The SMILES string of the molecule is CCOc1ccc(C2C(C(=O)c3ccco3)=C(O)C(=O)N2CCc2ccccc2)cc1. The van der Waals surface area contributed by atoms with Crippen LogP contribution in [0, 0.1) is 0 Å². The summed E-state index contributed by atoms with van der Waals surface area (Å²) in [6, 6.07) is 19.4. The first-order valence-electron chi connectivity index (χ1n) is 10.2. The summed E-state index contributed by atoms with van der Waals surface area (Å²) < 4.78 is 10.8. The lowest BCUT2D eigenvalue weighted by Gasteiger charge is -2.27. The molecule has 1 aliphatic heterocycles. The Morgan fingerprint density at radius 2 is 1.81 bits per heavy atom. The number of aliphatic hydroxyl groups is 1. The van der Waals surface area contributed by atoms with Gasteiger partial charge >= 0.3 is 0 Å². The minimum absolute atomic E-state index is 0.0252. The predicted octanol–water partition coefficient (Wildman–Crippen LogP) is 4.50. The number of carbonyl (C=O) groups excluding carboxylic acids is 2. The van der Waals surface area contributed by atoms with E-state index in [0.29, 0.717) is 30.9 Å². The maximum atomic E-state index is 13.1. The number of Topliss-reactive ketones (excluding diaryl/α,β-unsaturated/α-hetero) is 1. The number of hydrogen-bond acceptors (Lipinski definition) is 5. The zero-order valence-electron chi connectivity index (χ0n) is 17.2. The van der Waals surface area contributed by atoms with E-state index in [1.165, 1.54) is 17.2 Å². The number of furan rings is 1. The van der Waals surface area contributed by atoms with Crippen molar-refractivity contribution in [1.82, 2.24) is 4.90 Å². The summed E-state index contributed by atoms with van der Waals surface area (Å²) >= 11 is 0. The van der Waals surface area contributed by atoms with Crippen LogP contribution in [-0.4, -0.2) is 34.8 Å². The second-order valence-electron chi connectivity index (χ2n) is 7.21. The van der Waals surface area contributed by atoms with Gasteiger partial charge < -0.3 is 19.2 Å². The van der Waals surface area contributed by atoms with Crippen LogP contribution >= 0.6 is 0 Å². The Bertz CT molecular complexity index is 1080. The first-order chi connectivity index (χ1) is 15.1. The van der Waals surface area contributed by atoms with E-state index >= 15 is 0 Å². The highest BCUT2D eigenvalue weighted by Crippen LogP contribution is 2.39. The van der Waals surface area contributed by atoms with Crippen LogP contribution in [0.4, 0.5) is 0 Å². The minimum atomic E-state index is -0.718. The molecule has 1 aromatic heterocycles. The van der Waals surface area contributed by atoms with Crippen LogP contribution in [0.5, 0.6) is 5.75 Å². The van der Waals surface area contributed by atoms with Crippen molar-refractivity contribution in [2.24, 2.45) is 0 Å². The summed E-state index contributed by atoms with van der Waals surface area (Å²) in [4.78, 5) is 27.6. The van der Waals surface area contributed by atoms with Crippen LogP contribution in [0.25, 0.3) is 0 Å². The van der Waals surface area contributed by atoms with Crippen molar-refractivity contribution in [1.29, 1.82) is 0 Å². The highest BCUT2D eigenvalue weighted by Gasteiger charge is 2.44. The molecule has 6 nitrogen and oxygen atoms in total. The second-order valence-corrected chi connectivity index (χ2v) is 7.21. The van der Waals surface area contributed by atoms with Gasteiger partial charge in [0.25, 0.3) is 5.91 Å². The van der Waals surface area contributed by atoms with Crippen LogP contribution in [0.15, 0.2) is 88.7 Å². The summed E-state index contributed by atoms with van der Waals surface area (Å²) in [5, 5.41) is 10.7. The van der Waals surface area contributed by atoms with Gasteiger partial charge in [-0.15, -0.1) is 0 Å². The quantitative estimate of drug-likeness (QED) is 0.546. The van der Waals surface area contributed by atoms with Gasteiger partial charge in [-0.3, -0.25) is 9.59 Å². The molecule has 1 N–H and O–H groups in total. The fourth-order valence-electron chi connectivity index (χ4n) is 3.81. The van der Waals surface area contributed by atoms with Crippen LogP contribution < -0.4 is 4.74 Å². The number of nitrogens with zero attached hydrogens (tertiary/aromatic N) is 1. The van der Waals surface area contributed by atoms with E-state index in [4.69, 9.17) is 9.15 Å². The molecule has 3 aromatic rings. The maximum Gasteiger partial charge on any atom is 0.290 e. The Morgan fingerprint density at radius 3 is 2.45 bits per heavy atom. The molecule has 0 fully saturated rings. The fourth-order valence-corrected chi connectivity index (χ4v) is 3.81. The average molecular weight is 417 g/mol. The Balaban J connectivity index is 1.70. The van der Waals surface area contributed by atoms with Crippen molar-refractivity contribution in [2.45, 2.75) is 19.4 Å². The minimum Gasteiger partial charge on any atom is -0.503 e. The zero-order valence-corrected chi connectivity index (χ0v) is 17.2. The number of rotatable bonds is 8. The van der Waals surface area contributed by atoms with E-state index in [1.54, 1.807) is 18.2 Å². The summed E-state index contributed by atoms with van der Waals surface area (Å²) in [5.41, 5.74) is 1.80. The van der Waals surface area contributed by atoms with Crippen LogP contribution in [-0.2, 0) is 11.2 Å². The van der Waals surface area contributed by atoms with Crippen molar-refractivity contribution in [3.63, 3.8) is 0 Å². The Kier molecular flexibility index (Phi) is 5.89. The van der Waals surface area contributed by atoms with Gasteiger partial charge in [0.1, 0.15) is 5.75 Å². The van der Waals surface area contributed by atoms with Gasteiger partial charge in [0, 0.05) is 6.54 Å². The monoisotopic (exact) mass is 417 g/mol. The molecule has 1 atom stereocenters. The molecule has 0 saturated carbocycles. The first-order valence-corrected chi connectivity index (χ1v) is 10.2. The van der Waals surface area contributed by atoms with E-state index in [2.05, 4.69) is 0 Å². The summed E-state index contributed by atoms with van der Waals surface area (Å²) in [5.74, 6) is -0.830. The lowest BCUT2D eigenvalue weighted by molar-refractivity contribution is -0.129. The van der Waals surface area contributed by atoms with E-state index < -0.39 is 23.5 Å². The number of ketones is 1. The van der Waals surface area contributed by atoms with Crippen LogP contribution in [0.1, 0.15) is 34.6 Å². The van der Waals surface area contributed by atoms with E-state index in [9.17, 15) is 14.7 Å². The molecule has 2 heterocycles. The van der Waals surface area contributed by atoms with Crippen molar-refractivity contribution >= 4 is 11.7 Å². The van der Waals surface area contributed by atoms with Crippen LogP contribution in [0.3, 0.4) is 0 Å². The third-order valence-corrected chi connectivity index (χ3v) is 5.28. The third-order valence-electron chi connectivity index (χ3n) is 5.28. The molecule has 0 radical (unpaired) electrons. The summed E-state index contributed by atoms with van der Waals surface area (Å²) in [6.45, 7) is 2.78. The normalized spacial score (nSPS) is 16.1. The highest BCUT2D eigenvalue weighted by atomic mass is 16.5. The van der Waals surface area contributed by atoms with Crippen molar-refractivity contribution < 1.29 is 23.8 Å². The van der Waals surface area contributed by atoms with Crippen LogP contribution in [0.2, 0.25) is 0 Å². The van der Waals surface area contributed by atoms with Gasteiger partial charge in [-0.05, 0) is 48.7 Å². The maximum absolute atomic E-state index is 13.1. The molecule has 31 heavy (non-hydrogen) atoms. The van der Waals surface area contributed by atoms with E-state index in [0.717, 1.165) is 5.56 Å². The van der Waals surface area contributed by atoms with Crippen molar-refractivity contribution in [2.75, 3.05) is 13.2 Å². The molecule has 1 aliphatic rings. The molecule has 4 rings (SSSR count). The Labute approximate surface area is 180 Å². The molecule has 0 bridgehead atoms. The number of hydrogen-bond donors (Lipinski definition) is 1. The van der Waals surface area contributed by atoms with Gasteiger partial charge in [-0.1, -0.05) is 42.5 Å². The smallest absolute Gasteiger partial charge is 0.290 e. The Hall–Kier alpha value is -3.80. The fraction of sp³-hybridized carbons (Fsp3) is 0.200. The molecule has 1 unspecified atom stereocenters. The number of aliphatic hydroxyl groups excluding tert-OH is 1. The molecule has 0 saturated heterocycles. The number of ether oxygens (including phenoxy) is 1. The van der Waals surface area contributed by atoms with E-state index in [1.807, 2.05) is 49.4 Å². The summed E-state index contributed by atoms with van der Waals surface area (Å²) in [6.07, 6.45) is 1.98. The van der Waals surface area contributed by atoms with Gasteiger partial charge in [0.2, 0.25) is 5.78 Å². The van der Waals surface area contributed by atoms with Gasteiger partial charge in [0.15, 0.2) is 11.5 Å². The molecule has 0 spiro atoms. The lowest BCUT2D eigenvalue weighted by atomic mass is 9.95. The number of amides is 1. The average Bonchev–Trinajstić information content (AvgIpc) is 3.41. The molecule has 1 amide bonds. The lowest BCUT2D eigenvalue weighted by Crippen LogP contribution is -2.33. The number of carbonyl (C=O) groups is 2. The third kappa shape index (κ3) is 4.10. The second kappa shape index (κ2) is 8.92. The largest absolute Gasteiger partial charge is 0.503 e. The van der Waals surface area contributed by atoms with Gasteiger partial charge in [0.05, 0.1) is 24.5 Å².